The number of ketones is 2. The van der Waals surface area contributed by atoms with Gasteiger partial charge in [-0.15, -0.1) is 23.2 Å². The lowest BCUT2D eigenvalue weighted by atomic mass is 9.81. The molecule has 2 saturated carbocycles. The number of benzene rings is 1. The van der Waals surface area contributed by atoms with Gasteiger partial charge in [0.05, 0.1) is 5.38 Å². The van der Waals surface area contributed by atoms with E-state index >= 15 is 0 Å². The van der Waals surface area contributed by atoms with Gasteiger partial charge < -0.3 is 0 Å². The van der Waals surface area contributed by atoms with Crippen molar-refractivity contribution in [3.05, 3.63) is 35.4 Å². The quantitative estimate of drug-likeness (QED) is 0.498. The molecule has 0 radical (unpaired) electrons. The van der Waals surface area contributed by atoms with E-state index in [0.29, 0.717) is 17.5 Å². The van der Waals surface area contributed by atoms with E-state index in [1.54, 1.807) is 24.3 Å². The third-order valence-corrected chi connectivity index (χ3v) is 6.86. The van der Waals surface area contributed by atoms with E-state index in [-0.39, 0.29) is 22.9 Å². The number of alkyl halides is 2. The predicted molar refractivity (Wildman–Crippen MR) is 98.4 cm³/mol. The fraction of sp³-hybridized carbons (Fsp3) is 0.600. The molecular weight excluding hydrogens is 343 g/mol. The summed E-state index contributed by atoms with van der Waals surface area (Å²) in [6, 6.07) is 7.02. The second-order valence-corrected chi connectivity index (χ2v) is 8.38. The van der Waals surface area contributed by atoms with Crippen molar-refractivity contribution in [1.82, 2.24) is 0 Å². The Balaban J connectivity index is 1.74. The van der Waals surface area contributed by atoms with Crippen LogP contribution in [0.4, 0.5) is 0 Å². The standard InChI is InChI=1S/C20H24Cl2O2/c21-17-8-4-5-13-20(17,22)19(24)16-11-9-15(10-12-16)18(23)14-6-2-1-3-7-14/h9-12,14,17H,1-8,13H2. The van der Waals surface area contributed by atoms with Crippen LogP contribution in [0.15, 0.2) is 24.3 Å². The molecule has 0 bridgehead atoms. The summed E-state index contributed by atoms with van der Waals surface area (Å²) in [6.45, 7) is 0. The first-order valence-electron chi connectivity index (χ1n) is 9.04. The molecule has 0 N–H and O–H groups in total. The first-order chi connectivity index (χ1) is 11.5. The van der Waals surface area contributed by atoms with Crippen molar-refractivity contribution >= 4 is 34.8 Å². The molecule has 24 heavy (non-hydrogen) atoms. The summed E-state index contributed by atoms with van der Waals surface area (Å²) in [4.78, 5) is 24.4. The summed E-state index contributed by atoms with van der Waals surface area (Å²) in [7, 11) is 0. The molecule has 0 aliphatic heterocycles. The first-order valence-corrected chi connectivity index (χ1v) is 9.86. The zero-order valence-electron chi connectivity index (χ0n) is 13.9. The highest BCUT2D eigenvalue weighted by Crippen LogP contribution is 2.40. The van der Waals surface area contributed by atoms with Gasteiger partial charge in [-0.05, 0) is 25.7 Å². The van der Waals surface area contributed by atoms with Crippen LogP contribution in [0.5, 0.6) is 0 Å². The third kappa shape index (κ3) is 3.55. The summed E-state index contributed by atoms with van der Waals surface area (Å²) < 4.78 is 0. The molecule has 1 aromatic rings. The van der Waals surface area contributed by atoms with Crippen molar-refractivity contribution in [3.8, 4) is 0 Å². The summed E-state index contributed by atoms with van der Waals surface area (Å²) in [6.07, 6.45) is 8.81. The largest absolute Gasteiger partial charge is 0.294 e. The van der Waals surface area contributed by atoms with Gasteiger partial charge in [-0.1, -0.05) is 56.4 Å². The fourth-order valence-electron chi connectivity index (χ4n) is 3.97. The molecule has 0 spiro atoms. The Labute approximate surface area is 153 Å². The molecule has 2 aliphatic rings. The normalized spacial score (nSPS) is 28.5. The van der Waals surface area contributed by atoms with Crippen LogP contribution in [0.25, 0.3) is 0 Å². The maximum atomic E-state index is 12.8. The minimum Gasteiger partial charge on any atom is -0.294 e. The van der Waals surface area contributed by atoms with Crippen LogP contribution in [-0.2, 0) is 0 Å². The van der Waals surface area contributed by atoms with Gasteiger partial charge in [0.1, 0.15) is 4.87 Å². The Morgan fingerprint density at radius 1 is 0.875 bits per heavy atom. The monoisotopic (exact) mass is 366 g/mol. The second-order valence-electron chi connectivity index (χ2n) is 7.18. The summed E-state index contributed by atoms with van der Waals surface area (Å²) in [5.41, 5.74) is 1.26. The van der Waals surface area contributed by atoms with Crippen LogP contribution in [0.2, 0.25) is 0 Å². The smallest absolute Gasteiger partial charge is 0.185 e. The highest BCUT2D eigenvalue weighted by molar-refractivity contribution is 6.43. The molecule has 2 unspecified atom stereocenters. The molecule has 2 aliphatic carbocycles. The Bertz CT molecular complexity index is 605. The number of carbonyl (C=O) groups excluding carboxylic acids is 2. The molecule has 2 fully saturated rings. The number of Topliss-reactive ketones (excluding diaryl/α,β-unsaturated/α-hetero) is 2. The molecular formula is C20H24Cl2O2. The zero-order chi connectivity index (χ0) is 17.2. The van der Waals surface area contributed by atoms with Crippen LogP contribution in [0.1, 0.15) is 78.5 Å². The molecule has 2 atom stereocenters. The molecule has 0 amide bonds. The van der Waals surface area contributed by atoms with Gasteiger partial charge in [-0.25, -0.2) is 0 Å². The van der Waals surface area contributed by atoms with Crippen molar-refractivity contribution in [2.45, 2.75) is 68.0 Å². The lowest BCUT2D eigenvalue weighted by Gasteiger charge is -2.34. The van der Waals surface area contributed by atoms with E-state index in [9.17, 15) is 9.59 Å². The van der Waals surface area contributed by atoms with Crippen LogP contribution >= 0.6 is 23.2 Å². The van der Waals surface area contributed by atoms with Crippen LogP contribution in [-0.4, -0.2) is 21.8 Å². The molecule has 4 heteroatoms. The molecule has 0 heterocycles. The summed E-state index contributed by atoms with van der Waals surface area (Å²) in [5, 5.41) is -0.330. The summed E-state index contributed by atoms with van der Waals surface area (Å²) >= 11 is 12.9. The van der Waals surface area contributed by atoms with Gasteiger partial charge in [0, 0.05) is 17.0 Å². The second kappa shape index (κ2) is 7.58. The van der Waals surface area contributed by atoms with Crippen molar-refractivity contribution in [3.63, 3.8) is 0 Å². The zero-order valence-corrected chi connectivity index (χ0v) is 15.4. The van der Waals surface area contributed by atoms with Crippen molar-refractivity contribution in [2.75, 3.05) is 0 Å². The SMILES string of the molecule is O=C(c1ccc(C(=O)C2(Cl)CCCCC2Cl)cc1)C1CCCCC1. The minimum atomic E-state index is -1.01. The van der Waals surface area contributed by atoms with E-state index in [1.165, 1.54) is 6.42 Å². The minimum absolute atomic E-state index is 0.111. The Morgan fingerprint density at radius 3 is 2.08 bits per heavy atom. The van der Waals surface area contributed by atoms with Gasteiger partial charge in [0.25, 0.3) is 0 Å². The summed E-state index contributed by atoms with van der Waals surface area (Å²) in [5.74, 6) is 0.243. The van der Waals surface area contributed by atoms with E-state index in [1.807, 2.05) is 0 Å². The van der Waals surface area contributed by atoms with Gasteiger partial charge in [0.2, 0.25) is 0 Å². The molecule has 2 nitrogen and oxygen atoms in total. The van der Waals surface area contributed by atoms with Gasteiger partial charge >= 0.3 is 0 Å². The highest BCUT2D eigenvalue weighted by atomic mass is 35.5. The average Bonchev–Trinajstić information content (AvgIpc) is 2.64. The van der Waals surface area contributed by atoms with Gasteiger partial charge in [0.15, 0.2) is 11.6 Å². The average molecular weight is 367 g/mol. The predicted octanol–water partition coefficient (Wildman–Crippen LogP) is 5.79. The van der Waals surface area contributed by atoms with E-state index in [4.69, 9.17) is 23.2 Å². The number of rotatable bonds is 4. The maximum absolute atomic E-state index is 12.8. The van der Waals surface area contributed by atoms with Gasteiger partial charge in [-0.3, -0.25) is 9.59 Å². The molecule has 3 rings (SSSR count). The Kier molecular flexibility index (Phi) is 5.66. The third-order valence-electron chi connectivity index (χ3n) is 5.53. The van der Waals surface area contributed by atoms with E-state index < -0.39 is 4.87 Å². The van der Waals surface area contributed by atoms with Gasteiger partial charge in [-0.2, -0.15) is 0 Å². The lowest BCUT2D eigenvalue weighted by molar-refractivity contribution is 0.0885. The van der Waals surface area contributed by atoms with E-state index in [0.717, 1.165) is 44.9 Å². The lowest BCUT2D eigenvalue weighted by Crippen LogP contribution is -2.44. The highest BCUT2D eigenvalue weighted by Gasteiger charge is 2.44. The van der Waals surface area contributed by atoms with Crippen molar-refractivity contribution < 1.29 is 9.59 Å². The van der Waals surface area contributed by atoms with Crippen molar-refractivity contribution in [1.29, 1.82) is 0 Å². The Hall–Kier alpha value is -0.860. The molecule has 0 saturated heterocycles. The topological polar surface area (TPSA) is 34.1 Å². The van der Waals surface area contributed by atoms with Crippen LogP contribution in [0.3, 0.4) is 0 Å². The molecule has 1 aromatic carbocycles. The van der Waals surface area contributed by atoms with Crippen molar-refractivity contribution in [2.24, 2.45) is 5.92 Å². The maximum Gasteiger partial charge on any atom is 0.185 e. The fourth-order valence-corrected chi connectivity index (χ4v) is 4.69. The number of hydrogen-bond acceptors (Lipinski definition) is 2. The van der Waals surface area contributed by atoms with Crippen LogP contribution < -0.4 is 0 Å². The Morgan fingerprint density at radius 2 is 1.46 bits per heavy atom. The van der Waals surface area contributed by atoms with E-state index in [2.05, 4.69) is 0 Å². The molecule has 0 aromatic heterocycles. The van der Waals surface area contributed by atoms with Crippen LogP contribution in [0, 0.1) is 5.92 Å². The number of halogens is 2. The molecule has 130 valence electrons. The first kappa shape index (κ1) is 17.9. The number of hydrogen-bond donors (Lipinski definition) is 0. The number of carbonyl (C=O) groups is 2.